The first-order chi connectivity index (χ1) is 7.29. The maximum atomic E-state index is 6.06. The van der Waals surface area contributed by atoms with E-state index in [1.54, 1.807) is 13.3 Å². The van der Waals surface area contributed by atoms with Crippen LogP contribution >= 0.6 is 11.6 Å². The number of rotatable bonds is 3. The zero-order valence-corrected chi connectivity index (χ0v) is 9.57. The number of alkyl halides is 1. The monoisotopic (exact) mass is 226 g/mol. The molecule has 1 aliphatic rings. The summed E-state index contributed by atoms with van der Waals surface area (Å²) in [5, 5.41) is 0.299. The minimum absolute atomic E-state index is 0.299. The predicted molar refractivity (Wildman–Crippen MR) is 60.3 cm³/mol. The van der Waals surface area contributed by atoms with Crippen LogP contribution in [0.1, 0.15) is 12.0 Å². The first-order valence-corrected chi connectivity index (χ1v) is 5.56. The molecular formula is C11H15ClN2O. The highest BCUT2D eigenvalue weighted by atomic mass is 35.5. The first kappa shape index (κ1) is 10.7. The Morgan fingerprint density at radius 1 is 1.67 bits per heavy atom. The highest BCUT2D eigenvalue weighted by Crippen LogP contribution is 2.22. The summed E-state index contributed by atoms with van der Waals surface area (Å²) in [5.74, 6) is 0.906. The number of ether oxygens (including phenoxy) is 1. The topological polar surface area (TPSA) is 25.4 Å². The Labute approximate surface area is 95.0 Å². The minimum atomic E-state index is 0.299. The second-order valence-corrected chi connectivity index (χ2v) is 4.43. The van der Waals surface area contributed by atoms with E-state index in [0.717, 1.165) is 37.4 Å². The molecule has 1 unspecified atom stereocenters. The van der Waals surface area contributed by atoms with Gasteiger partial charge in [0.1, 0.15) is 5.75 Å². The summed E-state index contributed by atoms with van der Waals surface area (Å²) in [6.07, 6.45) is 4.68. The van der Waals surface area contributed by atoms with E-state index < -0.39 is 0 Å². The van der Waals surface area contributed by atoms with E-state index in [4.69, 9.17) is 16.3 Å². The molecule has 0 spiro atoms. The third kappa shape index (κ3) is 2.61. The van der Waals surface area contributed by atoms with E-state index in [1.165, 1.54) is 0 Å². The molecule has 1 atom stereocenters. The molecule has 0 aromatic carbocycles. The van der Waals surface area contributed by atoms with E-state index in [0.29, 0.717) is 5.38 Å². The Morgan fingerprint density at radius 3 is 3.20 bits per heavy atom. The van der Waals surface area contributed by atoms with Crippen molar-refractivity contribution in [3.8, 4) is 5.75 Å². The Kier molecular flexibility index (Phi) is 3.44. The van der Waals surface area contributed by atoms with Gasteiger partial charge in [0.2, 0.25) is 0 Å². The van der Waals surface area contributed by atoms with E-state index in [2.05, 4.69) is 9.88 Å². The summed E-state index contributed by atoms with van der Waals surface area (Å²) >= 11 is 6.06. The molecule has 0 saturated carbocycles. The number of likely N-dealkylation sites (tertiary alicyclic amines) is 1. The van der Waals surface area contributed by atoms with E-state index in [1.807, 2.05) is 12.3 Å². The number of aromatic nitrogens is 1. The van der Waals surface area contributed by atoms with Crippen LogP contribution in [-0.4, -0.2) is 35.5 Å². The normalized spacial score (nSPS) is 21.9. The molecular weight excluding hydrogens is 212 g/mol. The molecule has 82 valence electrons. The Balaban J connectivity index is 2.04. The Morgan fingerprint density at radius 2 is 2.53 bits per heavy atom. The highest BCUT2D eigenvalue weighted by Gasteiger charge is 2.21. The smallest absolute Gasteiger partial charge is 0.126 e. The summed E-state index contributed by atoms with van der Waals surface area (Å²) in [6.45, 7) is 2.89. The van der Waals surface area contributed by atoms with Gasteiger partial charge in [0.05, 0.1) is 7.11 Å². The molecule has 0 radical (unpaired) electrons. The van der Waals surface area contributed by atoms with Gasteiger partial charge < -0.3 is 4.74 Å². The Hall–Kier alpha value is -0.800. The number of hydrogen-bond acceptors (Lipinski definition) is 3. The fourth-order valence-electron chi connectivity index (χ4n) is 1.90. The minimum Gasteiger partial charge on any atom is -0.496 e. The number of pyridine rings is 1. The van der Waals surface area contributed by atoms with Gasteiger partial charge >= 0.3 is 0 Å². The van der Waals surface area contributed by atoms with Gasteiger partial charge in [-0.05, 0) is 12.5 Å². The fraction of sp³-hybridized carbons (Fsp3) is 0.545. The van der Waals surface area contributed by atoms with Crippen molar-refractivity contribution in [3.63, 3.8) is 0 Å². The second-order valence-electron chi connectivity index (χ2n) is 3.81. The van der Waals surface area contributed by atoms with E-state index in [-0.39, 0.29) is 0 Å². The van der Waals surface area contributed by atoms with Crippen LogP contribution in [-0.2, 0) is 6.54 Å². The SMILES string of the molecule is COc1ccncc1CN1CCC(Cl)C1. The van der Waals surface area contributed by atoms with E-state index in [9.17, 15) is 0 Å². The van der Waals surface area contributed by atoms with Gasteiger partial charge in [-0.15, -0.1) is 11.6 Å². The lowest BCUT2D eigenvalue weighted by Gasteiger charge is -2.16. The van der Waals surface area contributed by atoms with Gasteiger partial charge in [-0.2, -0.15) is 0 Å². The van der Waals surface area contributed by atoms with Crippen LogP contribution in [0.2, 0.25) is 0 Å². The quantitative estimate of drug-likeness (QED) is 0.737. The number of nitrogens with zero attached hydrogens (tertiary/aromatic N) is 2. The second kappa shape index (κ2) is 4.81. The van der Waals surface area contributed by atoms with Gasteiger partial charge in [-0.1, -0.05) is 0 Å². The standard InChI is InChI=1S/C11H15ClN2O/c1-15-11-2-4-13-6-9(11)7-14-5-3-10(12)8-14/h2,4,6,10H,3,5,7-8H2,1H3. The van der Waals surface area contributed by atoms with Crippen molar-refractivity contribution in [2.24, 2.45) is 0 Å². The number of methoxy groups -OCH3 is 1. The third-order valence-electron chi connectivity index (χ3n) is 2.69. The average Bonchev–Trinajstić information content (AvgIpc) is 2.65. The zero-order valence-electron chi connectivity index (χ0n) is 8.82. The molecule has 0 bridgehead atoms. The van der Waals surface area contributed by atoms with Crippen LogP contribution in [0.25, 0.3) is 0 Å². The van der Waals surface area contributed by atoms with Crippen LogP contribution in [0.5, 0.6) is 5.75 Å². The maximum absolute atomic E-state index is 6.06. The van der Waals surface area contributed by atoms with Crippen molar-refractivity contribution in [1.29, 1.82) is 0 Å². The molecule has 15 heavy (non-hydrogen) atoms. The molecule has 1 saturated heterocycles. The van der Waals surface area contributed by atoms with Crippen LogP contribution in [0.4, 0.5) is 0 Å². The van der Waals surface area contributed by atoms with Crippen LogP contribution in [0, 0.1) is 0 Å². The summed E-state index contributed by atoms with van der Waals surface area (Å²) in [5.41, 5.74) is 1.13. The predicted octanol–water partition coefficient (Wildman–Crippen LogP) is 1.90. The van der Waals surface area contributed by atoms with Crippen molar-refractivity contribution in [1.82, 2.24) is 9.88 Å². The lowest BCUT2D eigenvalue weighted by Crippen LogP contribution is -2.20. The van der Waals surface area contributed by atoms with Crippen molar-refractivity contribution >= 4 is 11.6 Å². The molecule has 4 heteroatoms. The summed E-state index contributed by atoms with van der Waals surface area (Å²) in [7, 11) is 1.69. The van der Waals surface area contributed by atoms with Gasteiger partial charge in [-0.3, -0.25) is 9.88 Å². The molecule has 0 amide bonds. The summed E-state index contributed by atoms with van der Waals surface area (Å²) in [6, 6.07) is 1.89. The van der Waals surface area contributed by atoms with Gasteiger partial charge in [0.25, 0.3) is 0 Å². The van der Waals surface area contributed by atoms with E-state index >= 15 is 0 Å². The lowest BCUT2D eigenvalue weighted by atomic mass is 10.2. The van der Waals surface area contributed by atoms with Gasteiger partial charge in [0.15, 0.2) is 0 Å². The highest BCUT2D eigenvalue weighted by molar-refractivity contribution is 6.20. The molecule has 2 rings (SSSR count). The van der Waals surface area contributed by atoms with Crippen molar-refractivity contribution < 1.29 is 4.74 Å². The lowest BCUT2D eigenvalue weighted by molar-refractivity contribution is 0.320. The molecule has 3 nitrogen and oxygen atoms in total. The molecule has 1 aromatic rings. The largest absolute Gasteiger partial charge is 0.496 e. The maximum Gasteiger partial charge on any atom is 0.126 e. The molecule has 1 aromatic heterocycles. The van der Waals surface area contributed by atoms with Crippen LogP contribution in [0.15, 0.2) is 18.5 Å². The van der Waals surface area contributed by atoms with Gasteiger partial charge in [-0.25, -0.2) is 0 Å². The fourth-order valence-corrected chi connectivity index (χ4v) is 2.19. The van der Waals surface area contributed by atoms with Crippen molar-refractivity contribution in [2.45, 2.75) is 18.3 Å². The first-order valence-electron chi connectivity index (χ1n) is 5.13. The average molecular weight is 227 g/mol. The van der Waals surface area contributed by atoms with Crippen LogP contribution in [0.3, 0.4) is 0 Å². The zero-order chi connectivity index (χ0) is 10.7. The van der Waals surface area contributed by atoms with Crippen LogP contribution < -0.4 is 4.74 Å². The number of hydrogen-bond donors (Lipinski definition) is 0. The molecule has 1 aliphatic heterocycles. The summed E-state index contributed by atoms with van der Waals surface area (Å²) < 4.78 is 5.28. The Bertz CT molecular complexity index is 332. The van der Waals surface area contributed by atoms with Gasteiger partial charge in [0, 0.05) is 43.0 Å². The molecule has 0 aliphatic carbocycles. The third-order valence-corrected chi connectivity index (χ3v) is 3.04. The van der Waals surface area contributed by atoms with Crippen molar-refractivity contribution in [3.05, 3.63) is 24.0 Å². The molecule has 0 N–H and O–H groups in total. The molecule has 1 fully saturated rings. The summed E-state index contributed by atoms with van der Waals surface area (Å²) in [4.78, 5) is 6.45. The number of halogens is 1. The molecule has 2 heterocycles. The van der Waals surface area contributed by atoms with Crippen molar-refractivity contribution in [2.75, 3.05) is 20.2 Å².